The summed E-state index contributed by atoms with van der Waals surface area (Å²) in [5.41, 5.74) is 3.58. The van der Waals surface area contributed by atoms with Gasteiger partial charge in [-0.05, 0) is 39.8 Å². The van der Waals surface area contributed by atoms with Crippen LogP contribution in [0, 0.1) is 13.8 Å². The highest BCUT2D eigenvalue weighted by Crippen LogP contribution is 2.18. The van der Waals surface area contributed by atoms with Gasteiger partial charge in [-0.3, -0.25) is 0 Å². The van der Waals surface area contributed by atoms with Crippen molar-refractivity contribution < 1.29 is 0 Å². The van der Waals surface area contributed by atoms with E-state index in [2.05, 4.69) is 25.6 Å². The molecule has 0 spiro atoms. The van der Waals surface area contributed by atoms with E-state index in [9.17, 15) is 0 Å². The zero-order valence-electron chi connectivity index (χ0n) is 11.9. The van der Waals surface area contributed by atoms with Gasteiger partial charge in [-0.2, -0.15) is 0 Å². The minimum Gasteiger partial charge on any atom is -0.368 e. The normalized spacial score (nSPS) is 16.4. The summed E-state index contributed by atoms with van der Waals surface area (Å²) < 4.78 is 0. The van der Waals surface area contributed by atoms with Crippen molar-refractivity contribution in [3.63, 3.8) is 0 Å². The Morgan fingerprint density at radius 3 is 2.47 bits per heavy atom. The maximum absolute atomic E-state index is 5.46. The van der Waals surface area contributed by atoms with E-state index in [0.29, 0.717) is 5.82 Å². The minimum atomic E-state index is 0.688. The van der Waals surface area contributed by atoms with Gasteiger partial charge in [0.2, 0.25) is 0 Å². The Morgan fingerprint density at radius 1 is 1.11 bits per heavy atom. The van der Waals surface area contributed by atoms with Crippen LogP contribution in [-0.2, 0) is 0 Å². The van der Waals surface area contributed by atoms with E-state index in [1.54, 1.807) is 0 Å². The van der Waals surface area contributed by atoms with Crippen molar-refractivity contribution in [1.82, 2.24) is 14.9 Å². The summed E-state index contributed by atoms with van der Waals surface area (Å²) in [4.78, 5) is 11.2. The van der Waals surface area contributed by atoms with Crippen molar-refractivity contribution in [2.75, 3.05) is 36.9 Å². The molecule has 0 saturated carbocycles. The number of hydrogen-bond acceptors (Lipinski definition) is 6. The Kier molecular flexibility index (Phi) is 4.93. The van der Waals surface area contributed by atoms with Crippen LogP contribution in [0.5, 0.6) is 0 Å². The van der Waals surface area contributed by atoms with Crippen molar-refractivity contribution in [2.24, 2.45) is 5.84 Å². The lowest BCUT2D eigenvalue weighted by Gasteiger charge is -2.26. The molecule has 0 radical (unpaired) electrons. The van der Waals surface area contributed by atoms with Gasteiger partial charge in [0.15, 0.2) is 0 Å². The Morgan fingerprint density at radius 2 is 1.79 bits per heavy atom. The monoisotopic (exact) mass is 264 g/mol. The number of aryl methyl sites for hydroxylation is 1. The Hall–Kier alpha value is -1.40. The fraction of sp³-hybridized carbons (Fsp3) is 0.692. The second-order valence-electron chi connectivity index (χ2n) is 5.07. The number of hydrazine groups is 1. The average molecular weight is 264 g/mol. The number of aromatic nitrogens is 2. The highest BCUT2D eigenvalue weighted by Gasteiger charge is 2.11. The summed E-state index contributed by atoms with van der Waals surface area (Å²) in [7, 11) is 0. The number of nitrogens with zero attached hydrogens (tertiary/aromatic N) is 3. The van der Waals surface area contributed by atoms with Gasteiger partial charge in [-0.15, -0.1) is 0 Å². The van der Waals surface area contributed by atoms with E-state index >= 15 is 0 Å². The molecule has 2 rings (SSSR count). The van der Waals surface area contributed by atoms with Crippen LogP contribution in [-0.4, -0.2) is 41.0 Å². The Labute approximate surface area is 114 Å². The Bertz CT molecular complexity index is 414. The lowest BCUT2D eigenvalue weighted by atomic mass is 10.1. The molecule has 1 fully saturated rings. The minimum absolute atomic E-state index is 0.688. The van der Waals surface area contributed by atoms with Crippen LogP contribution in [0.2, 0.25) is 0 Å². The van der Waals surface area contributed by atoms with Crippen LogP contribution in [0.3, 0.4) is 0 Å². The third kappa shape index (κ3) is 3.78. The second kappa shape index (κ2) is 6.68. The molecule has 1 aliphatic rings. The summed E-state index contributed by atoms with van der Waals surface area (Å²) in [5, 5.41) is 3.39. The maximum atomic E-state index is 5.46. The molecule has 0 aliphatic carbocycles. The zero-order chi connectivity index (χ0) is 13.7. The molecule has 1 aliphatic heterocycles. The number of nitrogens with two attached hydrogens (primary N) is 1. The first kappa shape index (κ1) is 14.0. The van der Waals surface area contributed by atoms with Crippen molar-refractivity contribution >= 4 is 11.6 Å². The highest BCUT2D eigenvalue weighted by atomic mass is 15.3. The Balaban J connectivity index is 1.89. The first-order chi connectivity index (χ1) is 9.20. The van der Waals surface area contributed by atoms with Gasteiger partial charge < -0.3 is 15.6 Å². The first-order valence-electron chi connectivity index (χ1n) is 6.99. The zero-order valence-corrected chi connectivity index (χ0v) is 11.9. The fourth-order valence-corrected chi connectivity index (χ4v) is 2.46. The van der Waals surface area contributed by atoms with E-state index in [-0.39, 0.29) is 0 Å². The van der Waals surface area contributed by atoms with E-state index in [4.69, 9.17) is 5.84 Å². The van der Waals surface area contributed by atoms with Crippen LogP contribution in [0.4, 0.5) is 11.6 Å². The van der Waals surface area contributed by atoms with Crippen LogP contribution >= 0.6 is 0 Å². The number of nitrogens with one attached hydrogen (secondary N) is 2. The second-order valence-corrected chi connectivity index (χ2v) is 5.07. The molecule has 6 heteroatoms. The fourth-order valence-electron chi connectivity index (χ4n) is 2.46. The number of rotatable bonds is 5. The molecule has 0 atom stereocenters. The summed E-state index contributed by atoms with van der Waals surface area (Å²) in [6.07, 6.45) is 4.03. The third-order valence-electron chi connectivity index (χ3n) is 3.56. The van der Waals surface area contributed by atoms with Crippen molar-refractivity contribution in [1.29, 1.82) is 0 Å². The van der Waals surface area contributed by atoms with Gasteiger partial charge in [0.25, 0.3) is 0 Å². The molecule has 1 saturated heterocycles. The van der Waals surface area contributed by atoms with Crippen molar-refractivity contribution in [3.05, 3.63) is 11.4 Å². The SMILES string of the molecule is Cc1nc(NN)c(C)c(NCCN2CCCCC2)n1. The van der Waals surface area contributed by atoms with Crippen LogP contribution in [0.1, 0.15) is 30.7 Å². The predicted octanol–water partition coefficient (Wildman–Crippen LogP) is 1.28. The van der Waals surface area contributed by atoms with Gasteiger partial charge in [0.1, 0.15) is 17.5 Å². The third-order valence-corrected chi connectivity index (χ3v) is 3.56. The van der Waals surface area contributed by atoms with Gasteiger partial charge in [-0.25, -0.2) is 15.8 Å². The molecule has 6 nitrogen and oxygen atoms in total. The number of hydrogen-bond donors (Lipinski definition) is 3. The maximum Gasteiger partial charge on any atom is 0.148 e. The van der Waals surface area contributed by atoms with E-state index < -0.39 is 0 Å². The number of nitrogen functional groups attached to an aromatic ring is 1. The molecule has 19 heavy (non-hydrogen) atoms. The molecule has 1 aromatic rings. The number of likely N-dealkylation sites (tertiary alicyclic amines) is 1. The van der Waals surface area contributed by atoms with E-state index in [0.717, 1.165) is 30.3 Å². The smallest absolute Gasteiger partial charge is 0.148 e. The van der Waals surface area contributed by atoms with Crippen LogP contribution < -0.4 is 16.6 Å². The van der Waals surface area contributed by atoms with Crippen LogP contribution in [0.15, 0.2) is 0 Å². The quantitative estimate of drug-likeness (QED) is 0.549. The predicted molar refractivity (Wildman–Crippen MR) is 78.1 cm³/mol. The molecular formula is C13H24N6. The molecule has 0 aromatic carbocycles. The summed E-state index contributed by atoms with van der Waals surface area (Å²) in [6, 6.07) is 0. The van der Waals surface area contributed by atoms with Crippen molar-refractivity contribution in [3.8, 4) is 0 Å². The first-order valence-corrected chi connectivity index (χ1v) is 6.99. The van der Waals surface area contributed by atoms with Gasteiger partial charge >= 0.3 is 0 Å². The average Bonchev–Trinajstić information content (AvgIpc) is 2.43. The lowest BCUT2D eigenvalue weighted by Crippen LogP contribution is -2.34. The highest BCUT2D eigenvalue weighted by molar-refractivity contribution is 5.56. The molecule has 0 bridgehead atoms. The number of piperidine rings is 1. The summed E-state index contributed by atoms with van der Waals surface area (Å²) in [6.45, 7) is 8.25. The molecule has 2 heterocycles. The molecular weight excluding hydrogens is 240 g/mol. The molecule has 0 unspecified atom stereocenters. The van der Waals surface area contributed by atoms with Gasteiger partial charge in [-0.1, -0.05) is 6.42 Å². The summed E-state index contributed by atoms with van der Waals surface area (Å²) in [5.74, 6) is 7.74. The van der Waals surface area contributed by atoms with E-state index in [1.807, 2.05) is 13.8 Å². The largest absolute Gasteiger partial charge is 0.368 e. The van der Waals surface area contributed by atoms with Crippen LogP contribution in [0.25, 0.3) is 0 Å². The lowest BCUT2D eigenvalue weighted by molar-refractivity contribution is 0.237. The molecule has 106 valence electrons. The van der Waals surface area contributed by atoms with Gasteiger partial charge in [0, 0.05) is 18.7 Å². The molecule has 4 N–H and O–H groups in total. The standard InChI is InChI=1S/C13H24N6/c1-10-12(16-11(2)17-13(10)18-14)15-6-9-19-7-4-3-5-8-19/h3-9,14H2,1-2H3,(H2,15,16,17,18). The summed E-state index contributed by atoms with van der Waals surface area (Å²) >= 11 is 0. The van der Waals surface area contributed by atoms with E-state index in [1.165, 1.54) is 32.4 Å². The number of anilines is 2. The van der Waals surface area contributed by atoms with Gasteiger partial charge in [0.05, 0.1) is 0 Å². The molecule has 0 amide bonds. The molecule has 1 aromatic heterocycles. The topological polar surface area (TPSA) is 79.1 Å². The van der Waals surface area contributed by atoms with Crippen molar-refractivity contribution in [2.45, 2.75) is 33.1 Å².